The number of rotatable bonds is 8. The van der Waals surface area contributed by atoms with Gasteiger partial charge in [0, 0.05) is 19.3 Å². The van der Waals surface area contributed by atoms with Gasteiger partial charge in [0.15, 0.2) is 11.3 Å². The summed E-state index contributed by atoms with van der Waals surface area (Å²) in [6.07, 6.45) is -1.53. The van der Waals surface area contributed by atoms with Crippen LogP contribution in [0.3, 0.4) is 0 Å². The van der Waals surface area contributed by atoms with Gasteiger partial charge in [-0.2, -0.15) is 5.10 Å². The van der Waals surface area contributed by atoms with Crippen molar-refractivity contribution in [1.29, 1.82) is 0 Å². The molecule has 0 aromatic carbocycles. The first-order chi connectivity index (χ1) is 16.5. The minimum absolute atomic E-state index is 0.0460. The molecular weight excluding hydrogens is 476 g/mol. The fraction of sp³-hybridized carbons (Fsp3) is 0.524. The SMILES string of the molecule is Cc1nonc1C(=O)NC(c1cn2ncc(C(CC(F)F)C(=O)O)cc2n1)C1CCC(F)(F)CC1. The second-order valence-electron chi connectivity index (χ2n) is 8.62. The lowest BCUT2D eigenvalue weighted by molar-refractivity contribution is -0.139. The summed E-state index contributed by atoms with van der Waals surface area (Å²) in [6, 6.07) is 0.535. The number of nitrogens with zero attached hydrogens (tertiary/aromatic N) is 5. The van der Waals surface area contributed by atoms with Gasteiger partial charge in [-0.3, -0.25) is 9.59 Å². The molecule has 14 heteroatoms. The summed E-state index contributed by atoms with van der Waals surface area (Å²) in [5.41, 5.74) is 0.698. The van der Waals surface area contributed by atoms with E-state index in [1.54, 1.807) is 0 Å². The number of carboxylic acid groups (broad SMARTS) is 1. The van der Waals surface area contributed by atoms with E-state index < -0.39 is 42.6 Å². The van der Waals surface area contributed by atoms with E-state index in [0.29, 0.717) is 5.69 Å². The molecule has 4 rings (SSSR count). The van der Waals surface area contributed by atoms with E-state index in [0.717, 1.165) is 0 Å². The highest BCUT2D eigenvalue weighted by Gasteiger charge is 2.39. The van der Waals surface area contributed by atoms with Gasteiger partial charge in [-0.15, -0.1) is 0 Å². The number of nitrogens with one attached hydrogen (secondary N) is 1. The summed E-state index contributed by atoms with van der Waals surface area (Å²) < 4.78 is 59.2. The number of carboxylic acids is 1. The molecule has 1 amide bonds. The molecule has 1 aliphatic rings. The lowest BCUT2D eigenvalue weighted by Crippen LogP contribution is -2.37. The van der Waals surface area contributed by atoms with E-state index in [9.17, 15) is 32.3 Å². The van der Waals surface area contributed by atoms with Crippen LogP contribution in [0, 0.1) is 12.8 Å². The molecule has 2 unspecified atom stereocenters. The highest BCUT2D eigenvalue weighted by Crippen LogP contribution is 2.41. The number of aryl methyl sites for hydroxylation is 1. The van der Waals surface area contributed by atoms with Crippen LogP contribution in [0.4, 0.5) is 17.6 Å². The van der Waals surface area contributed by atoms with Crippen LogP contribution in [0.2, 0.25) is 0 Å². The number of alkyl halides is 4. The zero-order chi connectivity index (χ0) is 25.3. The third-order valence-electron chi connectivity index (χ3n) is 6.18. The van der Waals surface area contributed by atoms with Crippen LogP contribution in [-0.2, 0) is 4.79 Å². The molecule has 1 fully saturated rings. The fourth-order valence-corrected chi connectivity index (χ4v) is 4.28. The Morgan fingerprint density at radius 3 is 2.60 bits per heavy atom. The number of fused-ring (bicyclic) bond motifs is 1. The lowest BCUT2D eigenvalue weighted by Gasteiger charge is -2.33. The summed E-state index contributed by atoms with van der Waals surface area (Å²) in [4.78, 5) is 28.7. The lowest BCUT2D eigenvalue weighted by atomic mass is 9.81. The molecule has 0 bridgehead atoms. The Morgan fingerprint density at radius 2 is 2.00 bits per heavy atom. The summed E-state index contributed by atoms with van der Waals surface area (Å²) in [5, 5.41) is 23.3. The second kappa shape index (κ2) is 9.58. The zero-order valence-corrected chi connectivity index (χ0v) is 18.5. The smallest absolute Gasteiger partial charge is 0.311 e. The van der Waals surface area contributed by atoms with Crippen LogP contribution in [0.15, 0.2) is 23.1 Å². The largest absolute Gasteiger partial charge is 0.481 e. The van der Waals surface area contributed by atoms with E-state index in [1.807, 2.05) is 0 Å². The summed E-state index contributed by atoms with van der Waals surface area (Å²) in [6.45, 7) is 1.52. The quantitative estimate of drug-likeness (QED) is 0.450. The molecule has 0 aliphatic heterocycles. The van der Waals surface area contributed by atoms with Crippen molar-refractivity contribution in [2.24, 2.45) is 5.92 Å². The van der Waals surface area contributed by atoms with Gasteiger partial charge in [0.05, 0.1) is 30.0 Å². The third-order valence-corrected chi connectivity index (χ3v) is 6.18. The van der Waals surface area contributed by atoms with Gasteiger partial charge in [0.1, 0.15) is 5.69 Å². The highest BCUT2D eigenvalue weighted by atomic mass is 19.3. The Balaban J connectivity index is 1.67. The van der Waals surface area contributed by atoms with Gasteiger partial charge >= 0.3 is 5.97 Å². The van der Waals surface area contributed by atoms with Crippen molar-refractivity contribution in [2.45, 2.75) is 63.3 Å². The van der Waals surface area contributed by atoms with Crippen molar-refractivity contribution < 1.29 is 36.9 Å². The molecule has 3 heterocycles. The Kier molecular flexibility index (Phi) is 6.72. The third kappa shape index (κ3) is 5.41. The zero-order valence-electron chi connectivity index (χ0n) is 18.5. The molecule has 1 aliphatic carbocycles. The molecule has 188 valence electrons. The number of imidazole rings is 1. The predicted octanol–water partition coefficient (Wildman–Crippen LogP) is 3.54. The first kappa shape index (κ1) is 24.5. The fourth-order valence-electron chi connectivity index (χ4n) is 4.28. The predicted molar refractivity (Wildman–Crippen MR) is 110 cm³/mol. The molecule has 3 aromatic rings. The second-order valence-corrected chi connectivity index (χ2v) is 8.62. The number of carbonyl (C=O) groups is 2. The molecular formula is C21H22F4N6O4. The van der Waals surface area contributed by atoms with Gasteiger partial charge in [-0.1, -0.05) is 5.16 Å². The van der Waals surface area contributed by atoms with Crippen LogP contribution in [0.5, 0.6) is 0 Å². The maximum atomic E-state index is 13.8. The average Bonchev–Trinajstić information content (AvgIpc) is 3.41. The molecule has 0 radical (unpaired) electrons. The number of carbonyl (C=O) groups excluding carboxylic acids is 1. The van der Waals surface area contributed by atoms with Crippen molar-refractivity contribution >= 4 is 17.5 Å². The normalized spacial score (nSPS) is 18.0. The van der Waals surface area contributed by atoms with Crippen LogP contribution in [-0.4, -0.2) is 54.2 Å². The number of amides is 1. The minimum atomic E-state index is -2.83. The number of hydrogen-bond donors (Lipinski definition) is 2. The Morgan fingerprint density at radius 1 is 1.29 bits per heavy atom. The molecule has 0 saturated heterocycles. The van der Waals surface area contributed by atoms with Crippen LogP contribution < -0.4 is 5.32 Å². The van der Waals surface area contributed by atoms with Crippen molar-refractivity contribution in [3.05, 3.63) is 41.1 Å². The first-order valence-electron chi connectivity index (χ1n) is 10.9. The molecule has 35 heavy (non-hydrogen) atoms. The highest BCUT2D eigenvalue weighted by molar-refractivity contribution is 5.93. The van der Waals surface area contributed by atoms with E-state index in [-0.39, 0.29) is 54.2 Å². The Bertz CT molecular complexity index is 1220. The molecule has 3 aromatic heterocycles. The molecule has 10 nitrogen and oxygen atoms in total. The number of aliphatic carboxylic acids is 1. The first-order valence-corrected chi connectivity index (χ1v) is 10.9. The van der Waals surface area contributed by atoms with Crippen molar-refractivity contribution in [3.8, 4) is 0 Å². The van der Waals surface area contributed by atoms with Gasteiger partial charge in [0.2, 0.25) is 12.3 Å². The summed E-state index contributed by atoms with van der Waals surface area (Å²) in [7, 11) is 0. The van der Waals surface area contributed by atoms with Crippen molar-refractivity contribution in [3.63, 3.8) is 0 Å². The number of hydrogen-bond acceptors (Lipinski definition) is 7. The Labute approximate surface area is 195 Å². The Hall–Kier alpha value is -3.58. The van der Waals surface area contributed by atoms with Gasteiger partial charge in [-0.25, -0.2) is 31.7 Å². The number of halogens is 4. The van der Waals surface area contributed by atoms with E-state index in [4.69, 9.17) is 0 Å². The molecule has 1 saturated carbocycles. The standard InChI is InChI=1S/C21H22F4N6O4/c1-10-17(30-35-29-10)19(32)28-18(11-2-4-21(24,25)5-3-11)14-9-31-16(27-14)6-12(8-26-31)13(20(33)34)7-15(22)23/h6,8-9,11,13,15,18H,2-5,7H2,1H3,(H,28,32)(H,33,34). The molecule has 0 spiro atoms. The van der Waals surface area contributed by atoms with E-state index in [2.05, 4.69) is 30.3 Å². The maximum Gasteiger partial charge on any atom is 0.311 e. The maximum absolute atomic E-state index is 13.8. The summed E-state index contributed by atoms with van der Waals surface area (Å²) >= 11 is 0. The molecule has 2 atom stereocenters. The van der Waals surface area contributed by atoms with Gasteiger partial charge in [-0.05, 0) is 42.5 Å². The topological polar surface area (TPSA) is 136 Å². The van der Waals surface area contributed by atoms with Gasteiger partial charge < -0.3 is 10.4 Å². The van der Waals surface area contributed by atoms with E-state index >= 15 is 0 Å². The number of aromatic nitrogens is 5. The average molecular weight is 498 g/mol. The van der Waals surface area contributed by atoms with Crippen LogP contribution in [0.1, 0.15) is 71.5 Å². The van der Waals surface area contributed by atoms with Crippen LogP contribution >= 0.6 is 0 Å². The minimum Gasteiger partial charge on any atom is -0.481 e. The van der Waals surface area contributed by atoms with Crippen molar-refractivity contribution in [1.82, 2.24) is 30.2 Å². The monoisotopic (exact) mass is 498 g/mol. The van der Waals surface area contributed by atoms with E-state index in [1.165, 1.54) is 29.9 Å². The molecule has 2 N–H and O–H groups in total. The van der Waals surface area contributed by atoms with Gasteiger partial charge in [0.25, 0.3) is 5.91 Å². The summed E-state index contributed by atoms with van der Waals surface area (Å²) in [5.74, 6) is -6.70. The van der Waals surface area contributed by atoms with Crippen LogP contribution in [0.25, 0.3) is 5.65 Å². The van der Waals surface area contributed by atoms with Crippen molar-refractivity contribution in [2.75, 3.05) is 0 Å².